The van der Waals surface area contributed by atoms with E-state index in [2.05, 4.69) is 5.32 Å². The second-order valence-electron chi connectivity index (χ2n) is 9.14. The molecular weight excluding hydrogens is 512 g/mol. The van der Waals surface area contributed by atoms with Crippen LogP contribution in [0.15, 0.2) is 42.5 Å². The Labute approximate surface area is 216 Å². The summed E-state index contributed by atoms with van der Waals surface area (Å²) in [6, 6.07) is 9.53. The van der Waals surface area contributed by atoms with Crippen LogP contribution in [0.4, 0.5) is 26.3 Å². The molecule has 0 aliphatic carbocycles. The molecule has 0 saturated carbocycles. The molecule has 3 N–H and O–H groups in total. The minimum Gasteiger partial charge on any atom is -0.333 e. The van der Waals surface area contributed by atoms with Gasteiger partial charge in [-0.3, -0.25) is 15.6 Å². The van der Waals surface area contributed by atoms with E-state index < -0.39 is 53.8 Å². The van der Waals surface area contributed by atoms with Gasteiger partial charge in [0, 0.05) is 37.7 Å². The quantitative estimate of drug-likeness (QED) is 0.177. The fourth-order valence-electron chi connectivity index (χ4n) is 4.43. The van der Waals surface area contributed by atoms with Crippen molar-refractivity contribution < 1.29 is 31.1 Å². The van der Waals surface area contributed by atoms with Crippen molar-refractivity contribution in [3.63, 3.8) is 0 Å². The highest BCUT2D eigenvalue weighted by Crippen LogP contribution is 2.24. The molecule has 2 aromatic rings. The lowest BCUT2D eigenvalue weighted by Crippen LogP contribution is -2.57. The van der Waals surface area contributed by atoms with Gasteiger partial charge in [-0.15, -0.1) is 0 Å². The van der Waals surface area contributed by atoms with Gasteiger partial charge in [0.15, 0.2) is 11.6 Å². The van der Waals surface area contributed by atoms with E-state index in [4.69, 9.17) is 10.8 Å². The first-order valence-electron chi connectivity index (χ1n) is 12.1. The van der Waals surface area contributed by atoms with Gasteiger partial charge in [-0.25, -0.2) is 13.2 Å². The molecule has 0 spiro atoms. The molecule has 2 atom stereocenters. The summed E-state index contributed by atoms with van der Waals surface area (Å²) in [4.78, 5) is 14.9. The van der Waals surface area contributed by atoms with Gasteiger partial charge >= 0.3 is 6.18 Å². The summed E-state index contributed by atoms with van der Waals surface area (Å²) in [5.74, 6) is -6.24. The van der Waals surface area contributed by atoms with E-state index in [9.17, 15) is 31.1 Å². The van der Waals surface area contributed by atoms with Crippen LogP contribution in [0, 0.1) is 28.3 Å². The van der Waals surface area contributed by atoms with Gasteiger partial charge in [-0.2, -0.15) is 13.2 Å². The fraction of sp³-hybridized carbons (Fsp3) is 0.423. The number of hydrogen-bond acceptors (Lipinski definition) is 4. The molecule has 1 amide bonds. The van der Waals surface area contributed by atoms with Crippen LogP contribution in [-0.4, -0.2) is 59.2 Å². The lowest BCUT2D eigenvalue weighted by atomic mass is 9.96. The molecule has 38 heavy (non-hydrogen) atoms. The Morgan fingerprint density at radius 3 is 2.32 bits per heavy atom. The number of benzene rings is 2. The molecule has 206 valence electrons. The zero-order chi connectivity index (χ0) is 28.0. The number of carbonyl (C=O) groups is 1. The largest absolute Gasteiger partial charge is 0.449 e. The summed E-state index contributed by atoms with van der Waals surface area (Å²) < 4.78 is 80.6. The third-order valence-electron chi connectivity index (χ3n) is 6.34. The predicted octanol–water partition coefficient (Wildman–Crippen LogP) is 5.20. The van der Waals surface area contributed by atoms with Crippen molar-refractivity contribution in [2.24, 2.45) is 0 Å². The molecule has 1 fully saturated rings. The highest BCUT2D eigenvalue weighted by Gasteiger charge is 2.41. The third-order valence-corrected chi connectivity index (χ3v) is 6.34. The van der Waals surface area contributed by atoms with Crippen molar-refractivity contribution in [3.05, 3.63) is 71.0 Å². The summed E-state index contributed by atoms with van der Waals surface area (Å²) in [6.07, 6.45) is -3.87. The van der Waals surface area contributed by atoms with Crippen molar-refractivity contribution in [1.29, 1.82) is 10.8 Å². The van der Waals surface area contributed by atoms with E-state index in [1.165, 1.54) is 4.90 Å². The molecule has 1 heterocycles. The van der Waals surface area contributed by atoms with Crippen LogP contribution in [0.3, 0.4) is 0 Å². The van der Waals surface area contributed by atoms with E-state index in [0.29, 0.717) is 17.4 Å². The molecule has 12 heteroatoms. The molecule has 6 nitrogen and oxygen atoms in total. The Balaban J connectivity index is 1.80. The average Bonchev–Trinajstić information content (AvgIpc) is 2.86. The van der Waals surface area contributed by atoms with Gasteiger partial charge < -0.3 is 15.1 Å². The molecule has 1 aliphatic heterocycles. The standard InChI is InChI=1S/C26H29F6N5O/c1-2-6-22(16-7-4-3-5-8-16)35-18(11-17-12-20(28)21(29)14-19(17)27)13-24(38)36-9-10-37(23(33)15-36)25(34)26(30,31)32/h3-5,7-8,12,14,18,22,33-35H,2,6,9-11,13,15H2,1H3/t18-,22?/m1/s1. The summed E-state index contributed by atoms with van der Waals surface area (Å²) in [5, 5.41) is 18.6. The van der Waals surface area contributed by atoms with E-state index in [1.807, 2.05) is 37.3 Å². The van der Waals surface area contributed by atoms with E-state index >= 15 is 0 Å². The van der Waals surface area contributed by atoms with E-state index in [0.717, 1.165) is 18.1 Å². The average molecular weight is 542 g/mol. The first-order chi connectivity index (χ1) is 17.9. The van der Waals surface area contributed by atoms with Crippen molar-refractivity contribution in [2.45, 2.75) is 50.9 Å². The molecule has 0 aromatic heterocycles. The molecule has 0 radical (unpaired) electrons. The van der Waals surface area contributed by atoms with E-state index in [-0.39, 0.29) is 37.5 Å². The van der Waals surface area contributed by atoms with Crippen LogP contribution in [0.1, 0.15) is 43.4 Å². The maximum Gasteiger partial charge on any atom is 0.449 e. The summed E-state index contributed by atoms with van der Waals surface area (Å²) >= 11 is 0. The number of halogens is 6. The lowest BCUT2D eigenvalue weighted by molar-refractivity contribution is -0.131. The zero-order valence-corrected chi connectivity index (χ0v) is 20.7. The minimum absolute atomic E-state index is 0.131. The topological polar surface area (TPSA) is 83.3 Å². The molecule has 1 unspecified atom stereocenters. The smallest absolute Gasteiger partial charge is 0.333 e. The van der Waals surface area contributed by atoms with Gasteiger partial charge in [-0.1, -0.05) is 43.7 Å². The Morgan fingerprint density at radius 1 is 1.05 bits per heavy atom. The Morgan fingerprint density at radius 2 is 1.71 bits per heavy atom. The van der Waals surface area contributed by atoms with Crippen LogP contribution in [-0.2, 0) is 11.2 Å². The van der Waals surface area contributed by atoms with Crippen LogP contribution < -0.4 is 5.32 Å². The predicted molar refractivity (Wildman–Crippen MR) is 130 cm³/mol. The normalized spacial score (nSPS) is 15.9. The van der Waals surface area contributed by atoms with Crippen molar-refractivity contribution in [2.75, 3.05) is 19.6 Å². The SMILES string of the molecule is CCCC(N[C@@H](CC(=O)N1CCN(C(=N)C(F)(F)F)C(=N)C1)Cc1cc(F)c(F)cc1F)c1ccccc1. The van der Waals surface area contributed by atoms with Gasteiger partial charge in [0.2, 0.25) is 11.7 Å². The van der Waals surface area contributed by atoms with E-state index in [1.54, 1.807) is 0 Å². The molecule has 3 rings (SSSR count). The van der Waals surface area contributed by atoms with Gasteiger partial charge in [0.1, 0.15) is 11.7 Å². The Kier molecular flexibility index (Phi) is 9.53. The van der Waals surface area contributed by atoms with Crippen LogP contribution in [0.25, 0.3) is 0 Å². The number of carbonyl (C=O) groups excluding carboxylic acids is 1. The fourth-order valence-corrected chi connectivity index (χ4v) is 4.43. The summed E-state index contributed by atoms with van der Waals surface area (Å²) in [6.45, 7) is 1.02. The lowest BCUT2D eigenvalue weighted by Gasteiger charge is -2.37. The highest BCUT2D eigenvalue weighted by atomic mass is 19.4. The second kappa shape index (κ2) is 12.4. The van der Waals surface area contributed by atoms with Gasteiger partial charge in [0.25, 0.3) is 0 Å². The third kappa shape index (κ3) is 7.33. The first kappa shape index (κ1) is 29.2. The number of amides is 1. The van der Waals surface area contributed by atoms with Crippen LogP contribution >= 0.6 is 0 Å². The first-order valence-corrected chi connectivity index (χ1v) is 12.1. The summed E-state index contributed by atoms with van der Waals surface area (Å²) in [7, 11) is 0. The maximum atomic E-state index is 14.5. The minimum atomic E-state index is -4.92. The van der Waals surface area contributed by atoms with Crippen molar-refractivity contribution in [3.8, 4) is 0 Å². The molecule has 0 bridgehead atoms. The van der Waals surface area contributed by atoms with Crippen LogP contribution in [0.2, 0.25) is 0 Å². The number of piperazine rings is 1. The van der Waals surface area contributed by atoms with Gasteiger partial charge in [-0.05, 0) is 30.0 Å². The van der Waals surface area contributed by atoms with Gasteiger partial charge in [0.05, 0.1) is 6.54 Å². The number of rotatable bonds is 9. The highest BCUT2D eigenvalue weighted by molar-refractivity contribution is 6.02. The van der Waals surface area contributed by atoms with Crippen molar-refractivity contribution >= 4 is 17.6 Å². The summed E-state index contributed by atoms with van der Waals surface area (Å²) in [5.41, 5.74) is 0.785. The maximum absolute atomic E-state index is 14.5. The van der Waals surface area contributed by atoms with Crippen molar-refractivity contribution in [1.82, 2.24) is 15.1 Å². The van der Waals surface area contributed by atoms with Crippen LogP contribution in [0.5, 0.6) is 0 Å². The number of hydrogen-bond donors (Lipinski definition) is 3. The Hall–Kier alpha value is -3.41. The zero-order valence-electron chi connectivity index (χ0n) is 20.7. The second-order valence-corrected chi connectivity index (χ2v) is 9.14. The molecule has 1 aliphatic rings. The number of alkyl halides is 3. The number of nitrogens with one attached hydrogen (secondary N) is 3. The number of nitrogens with zero attached hydrogens (tertiary/aromatic N) is 2. The Bertz CT molecular complexity index is 1160. The monoisotopic (exact) mass is 541 g/mol. The molecule has 1 saturated heterocycles. The molecule has 2 aromatic carbocycles. The molecular formula is C26H29F6N5O. The number of amidine groups is 2.